The number of anilines is 2. The molecule has 1 aliphatic heterocycles. The number of likely N-dealkylation sites (N-methyl/N-ethyl adjacent to an activating group) is 1. The third-order valence-corrected chi connectivity index (χ3v) is 8.26. The standard InChI is InChI=1S/C35H37FN6O5/c1-4-27-28(6-5-7-29(27)32(37)44)30-19-39-33(40-34(45)21(2)38-3)35(46)42(30)20-22-16-24(31(43)23-8-10-25(36)11-9-23)18-26(17-22)41-12-14-47-15-13-41/h5-11,16-19,21,38H,4,12-15,20H2,1-3H3,(H2,37,44)(H,39,40,45)/t21-/m0/s1. The van der Waals surface area contributed by atoms with Crippen molar-refractivity contribution in [2.24, 2.45) is 5.73 Å². The van der Waals surface area contributed by atoms with Crippen LogP contribution in [0.4, 0.5) is 15.9 Å². The number of primary amides is 1. The Morgan fingerprint density at radius 2 is 1.77 bits per heavy atom. The highest BCUT2D eigenvalue weighted by atomic mass is 19.1. The zero-order chi connectivity index (χ0) is 33.7. The van der Waals surface area contributed by atoms with Gasteiger partial charge in [0.25, 0.3) is 5.56 Å². The number of rotatable bonds is 11. The summed E-state index contributed by atoms with van der Waals surface area (Å²) in [4.78, 5) is 59.3. The first kappa shape index (κ1) is 33.2. The Bertz CT molecular complexity index is 1870. The van der Waals surface area contributed by atoms with Crippen LogP contribution in [0.3, 0.4) is 0 Å². The molecule has 0 bridgehead atoms. The minimum absolute atomic E-state index is 0.00697. The van der Waals surface area contributed by atoms with Crippen molar-refractivity contribution in [1.29, 1.82) is 0 Å². The summed E-state index contributed by atoms with van der Waals surface area (Å²) in [5, 5.41) is 5.46. The van der Waals surface area contributed by atoms with Crippen molar-refractivity contribution >= 4 is 29.1 Å². The molecule has 4 N–H and O–H groups in total. The van der Waals surface area contributed by atoms with E-state index in [1.165, 1.54) is 35.0 Å². The number of halogens is 1. The van der Waals surface area contributed by atoms with E-state index in [1.807, 2.05) is 13.0 Å². The van der Waals surface area contributed by atoms with E-state index in [9.17, 15) is 23.6 Å². The number of carbonyl (C=O) groups is 3. The first-order valence-electron chi connectivity index (χ1n) is 15.4. The lowest BCUT2D eigenvalue weighted by atomic mass is 9.96. The fourth-order valence-electron chi connectivity index (χ4n) is 5.59. The van der Waals surface area contributed by atoms with Gasteiger partial charge in [-0.2, -0.15) is 0 Å². The lowest BCUT2D eigenvalue weighted by molar-refractivity contribution is -0.117. The Balaban J connectivity index is 1.68. The van der Waals surface area contributed by atoms with Crippen molar-refractivity contribution < 1.29 is 23.5 Å². The first-order chi connectivity index (χ1) is 22.6. The number of amides is 2. The van der Waals surface area contributed by atoms with Gasteiger partial charge >= 0.3 is 0 Å². The highest BCUT2D eigenvalue weighted by Crippen LogP contribution is 2.29. The van der Waals surface area contributed by atoms with Gasteiger partial charge in [0.2, 0.25) is 11.8 Å². The lowest BCUT2D eigenvalue weighted by Gasteiger charge is -2.29. The van der Waals surface area contributed by atoms with Crippen LogP contribution in [0.5, 0.6) is 0 Å². The predicted octanol–water partition coefficient (Wildman–Crippen LogP) is 3.37. The van der Waals surface area contributed by atoms with Gasteiger partial charge in [-0.15, -0.1) is 0 Å². The number of hydrogen-bond acceptors (Lipinski definition) is 8. The molecule has 244 valence electrons. The van der Waals surface area contributed by atoms with E-state index in [2.05, 4.69) is 20.5 Å². The smallest absolute Gasteiger partial charge is 0.294 e. The molecule has 1 aliphatic rings. The second-order valence-electron chi connectivity index (χ2n) is 11.3. The lowest BCUT2D eigenvalue weighted by Crippen LogP contribution is -2.38. The maximum atomic E-state index is 14.1. The van der Waals surface area contributed by atoms with Crippen molar-refractivity contribution in [2.45, 2.75) is 32.9 Å². The summed E-state index contributed by atoms with van der Waals surface area (Å²) < 4.78 is 20.7. The predicted molar refractivity (Wildman–Crippen MR) is 177 cm³/mol. The molecule has 0 saturated carbocycles. The van der Waals surface area contributed by atoms with Gasteiger partial charge in [0, 0.05) is 41.0 Å². The number of hydrogen-bond donors (Lipinski definition) is 3. The third-order valence-electron chi connectivity index (χ3n) is 8.26. The highest BCUT2D eigenvalue weighted by molar-refractivity contribution is 6.09. The van der Waals surface area contributed by atoms with Crippen molar-refractivity contribution in [2.75, 3.05) is 43.6 Å². The Morgan fingerprint density at radius 3 is 2.43 bits per heavy atom. The minimum Gasteiger partial charge on any atom is -0.378 e. The minimum atomic E-state index is -0.599. The van der Waals surface area contributed by atoms with Crippen molar-refractivity contribution in [3.8, 4) is 11.3 Å². The van der Waals surface area contributed by atoms with E-state index >= 15 is 0 Å². The number of benzene rings is 3. The van der Waals surface area contributed by atoms with Crippen LogP contribution in [0.15, 0.2) is 71.7 Å². The molecule has 0 aliphatic carbocycles. The van der Waals surface area contributed by atoms with Gasteiger partial charge in [0.1, 0.15) is 5.82 Å². The summed E-state index contributed by atoms with van der Waals surface area (Å²) in [5.41, 5.74) is 9.14. The van der Waals surface area contributed by atoms with Gasteiger partial charge in [-0.1, -0.05) is 19.1 Å². The quantitative estimate of drug-likeness (QED) is 0.212. The largest absolute Gasteiger partial charge is 0.378 e. The molecule has 1 aromatic heterocycles. The van der Waals surface area contributed by atoms with Gasteiger partial charge < -0.3 is 26.0 Å². The van der Waals surface area contributed by atoms with Crippen molar-refractivity contribution in [3.63, 3.8) is 0 Å². The van der Waals surface area contributed by atoms with Crippen LogP contribution in [-0.2, 0) is 22.5 Å². The van der Waals surface area contributed by atoms with Crippen LogP contribution in [-0.4, -0.2) is 66.5 Å². The number of morpholine rings is 1. The summed E-state index contributed by atoms with van der Waals surface area (Å²) in [6.07, 6.45) is 1.93. The molecular formula is C35H37FN6O5. The second-order valence-corrected chi connectivity index (χ2v) is 11.3. The molecule has 5 rings (SSSR count). The van der Waals surface area contributed by atoms with Crippen LogP contribution >= 0.6 is 0 Å². The molecule has 2 heterocycles. The van der Waals surface area contributed by atoms with Gasteiger partial charge in [0.05, 0.1) is 37.7 Å². The van der Waals surface area contributed by atoms with Gasteiger partial charge in [-0.3, -0.25) is 23.7 Å². The highest BCUT2D eigenvalue weighted by Gasteiger charge is 2.22. The van der Waals surface area contributed by atoms with E-state index < -0.39 is 29.2 Å². The van der Waals surface area contributed by atoms with E-state index in [0.29, 0.717) is 71.8 Å². The Hall–Kier alpha value is -5.20. The Kier molecular flexibility index (Phi) is 10.2. The SMILES string of the molecule is CCc1c(C(N)=O)cccc1-c1cnc(NC(=O)[C@H](C)NC)c(=O)n1Cc1cc(C(=O)c2ccc(F)cc2)cc(N2CCOCC2)c1. The summed E-state index contributed by atoms with van der Waals surface area (Å²) in [7, 11) is 1.63. The molecule has 1 saturated heterocycles. The molecule has 0 spiro atoms. The summed E-state index contributed by atoms with van der Waals surface area (Å²) >= 11 is 0. The summed E-state index contributed by atoms with van der Waals surface area (Å²) in [6.45, 7) is 5.78. The number of carbonyl (C=O) groups excluding carboxylic acids is 3. The van der Waals surface area contributed by atoms with E-state index in [1.54, 1.807) is 44.3 Å². The molecule has 2 amide bonds. The van der Waals surface area contributed by atoms with Crippen LogP contribution in [0.25, 0.3) is 11.3 Å². The fraction of sp³-hybridized carbons (Fsp3) is 0.286. The number of ether oxygens (including phenoxy) is 1. The zero-order valence-corrected chi connectivity index (χ0v) is 26.5. The molecule has 11 nitrogen and oxygen atoms in total. The number of ketones is 1. The Morgan fingerprint density at radius 1 is 1.04 bits per heavy atom. The zero-order valence-electron chi connectivity index (χ0n) is 26.5. The van der Waals surface area contributed by atoms with Crippen LogP contribution in [0.2, 0.25) is 0 Å². The molecule has 4 aromatic rings. The average molecular weight is 641 g/mol. The average Bonchev–Trinajstić information content (AvgIpc) is 3.09. The second kappa shape index (κ2) is 14.5. The fourth-order valence-corrected chi connectivity index (χ4v) is 5.59. The van der Waals surface area contributed by atoms with E-state index in [4.69, 9.17) is 10.5 Å². The van der Waals surface area contributed by atoms with Gasteiger partial charge in [0.15, 0.2) is 11.6 Å². The summed E-state index contributed by atoms with van der Waals surface area (Å²) in [6, 6.07) is 15.2. The number of nitrogens with one attached hydrogen (secondary N) is 2. The normalized spacial score (nSPS) is 13.7. The maximum Gasteiger partial charge on any atom is 0.294 e. The number of nitrogens with zero attached hydrogens (tertiary/aromatic N) is 3. The molecular weight excluding hydrogens is 603 g/mol. The molecule has 12 heteroatoms. The third kappa shape index (κ3) is 7.29. The van der Waals surface area contributed by atoms with Gasteiger partial charge in [-0.25, -0.2) is 9.37 Å². The van der Waals surface area contributed by atoms with Gasteiger partial charge in [-0.05, 0) is 80.1 Å². The molecule has 1 fully saturated rings. The van der Waals surface area contributed by atoms with Crippen LogP contribution in [0.1, 0.15) is 51.3 Å². The first-order valence-corrected chi connectivity index (χ1v) is 15.4. The maximum absolute atomic E-state index is 14.1. The molecule has 47 heavy (non-hydrogen) atoms. The molecule has 0 radical (unpaired) electrons. The monoisotopic (exact) mass is 640 g/mol. The topological polar surface area (TPSA) is 149 Å². The molecule has 1 atom stereocenters. The number of aromatic nitrogens is 2. The van der Waals surface area contributed by atoms with Crippen LogP contribution < -0.4 is 26.8 Å². The Labute approximate surface area is 271 Å². The number of nitrogens with two attached hydrogens (primary N) is 1. The van der Waals surface area contributed by atoms with E-state index in [-0.39, 0.29) is 18.1 Å². The molecule has 0 unspecified atom stereocenters. The molecule has 3 aromatic carbocycles. The van der Waals surface area contributed by atoms with Crippen molar-refractivity contribution in [1.82, 2.24) is 14.9 Å². The van der Waals surface area contributed by atoms with Crippen LogP contribution in [0, 0.1) is 5.82 Å². The van der Waals surface area contributed by atoms with Crippen molar-refractivity contribution in [3.05, 3.63) is 111 Å². The summed E-state index contributed by atoms with van der Waals surface area (Å²) in [5.74, 6) is -1.97. The van der Waals surface area contributed by atoms with E-state index in [0.717, 1.165) is 5.69 Å².